The van der Waals surface area contributed by atoms with Crippen LogP contribution in [0.5, 0.6) is 5.75 Å². The fourth-order valence-corrected chi connectivity index (χ4v) is 3.69. The fourth-order valence-electron chi connectivity index (χ4n) is 3.69. The van der Waals surface area contributed by atoms with Crippen molar-refractivity contribution in [2.75, 3.05) is 24.4 Å². The van der Waals surface area contributed by atoms with Gasteiger partial charge in [0.05, 0.1) is 18.3 Å². The Morgan fingerprint density at radius 1 is 1.09 bits per heavy atom. The second-order valence-corrected chi connectivity index (χ2v) is 7.80. The largest absolute Gasteiger partial charge is 0.497 e. The van der Waals surface area contributed by atoms with Gasteiger partial charge in [-0.3, -0.25) is 10.3 Å². The molecule has 2 heterocycles. The molecule has 0 aliphatic rings. The van der Waals surface area contributed by atoms with Gasteiger partial charge in [0.1, 0.15) is 23.2 Å². The van der Waals surface area contributed by atoms with Crippen molar-refractivity contribution in [3.63, 3.8) is 0 Å². The number of carbonyl (C=O) groups is 1. The van der Waals surface area contributed by atoms with Crippen molar-refractivity contribution in [1.82, 2.24) is 9.97 Å². The Morgan fingerprint density at radius 2 is 1.82 bits per heavy atom. The van der Waals surface area contributed by atoms with Crippen molar-refractivity contribution in [1.29, 1.82) is 0 Å². The molecule has 2 aromatic heterocycles. The summed E-state index contributed by atoms with van der Waals surface area (Å²) in [4.78, 5) is 22.0. The fraction of sp³-hybridized carbons (Fsp3) is 0.160. The Balaban J connectivity index is 1.66. The predicted molar refractivity (Wildman–Crippen MR) is 126 cm³/mol. The number of nitrogens with one attached hydrogen (secondary N) is 1. The van der Waals surface area contributed by atoms with E-state index in [0.29, 0.717) is 40.6 Å². The summed E-state index contributed by atoms with van der Waals surface area (Å²) >= 11 is 0. The first-order valence-corrected chi connectivity index (χ1v) is 10.4. The minimum absolute atomic E-state index is 0.0396. The number of benzene rings is 2. The zero-order valence-corrected chi connectivity index (χ0v) is 18.8. The number of pyridine rings is 2. The van der Waals surface area contributed by atoms with Gasteiger partial charge in [0.2, 0.25) is 0 Å². The van der Waals surface area contributed by atoms with E-state index in [1.807, 2.05) is 47.6 Å². The molecule has 0 aliphatic heterocycles. The number of ether oxygens (including phenoxy) is 1. The van der Waals surface area contributed by atoms with Crippen LogP contribution >= 0.6 is 0 Å². The number of anilines is 2. The smallest absolute Gasteiger partial charge is 0.409 e. The number of halogens is 2. The summed E-state index contributed by atoms with van der Waals surface area (Å²) in [5.74, 6) is -0.319. The first-order valence-electron chi connectivity index (χ1n) is 10.4. The molecular weight excluding hydrogens is 442 g/mol. The van der Waals surface area contributed by atoms with Crippen LogP contribution in [0, 0.1) is 18.6 Å². The molecular formula is C25H22F2N4O3. The molecule has 0 fully saturated rings. The van der Waals surface area contributed by atoms with E-state index in [1.165, 1.54) is 0 Å². The van der Waals surface area contributed by atoms with Gasteiger partial charge in [-0.25, -0.2) is 18.6 Å². The van der Waals surface area contributed by atoms with Crippen molar-refractivity contribution in [3.8, 4) is 16.9 Å². The zero-order valence-electron chi connectivity index (χ0n) is 18.8. The molecule has 4 aromatic rings. The molecule has 34 heavy (non-hydrogen) atoms. The molecule has 0 radical (unpaired) electrons. The minimum Gasteiger partial charge on any atom is -0.497 e. The van der Waals surface area contributed by atoms with Crippen molar-refractivity contribution in [2.45, 2.75) is 13.5 Å². The van der Waals surface area contributed by atoms with Crippen LogP contribution in [-0.2, 0) is 6.54 Å². The molecule has 1 amide bonds. The summed E-state index contributed by atoms with van der Waals surface area (Å²) in [6, 6.07) is 13.1. The predicted octanol–water partition coefficient (Wildman–Crippen LogP) is 5.62. The summed E-state index contributed by atoms with van der Waals surface area (Å²) in [5.41, 5.74) is 2.38. The number of fused-ring (bicyclic) bond motifs is 1. The van der Waals surface area contributed by atoms with E-state index >= 15 is 0 Å². The van der Waals surface area contributed by atoms with Gasteiger partial charge in [-0.2, -0.15) is 0 Å². The lowest BCUT2D eigenvalue weighted by Gasteiger charge is -2.19. The number of carboxylic acid groups (broad SMARTS) is 1. The van der Waals surface area contributed by atoms with E-state index < -0.39 is 17.7 Å². The average Bonchev–Trinajstić information content (AvgIpc) is 2.80. The lowest BCUT2D eigenvalue weighted by Crippen LogP contribution is -2.17. The lowest BCUT2D eigenvalue weighted by atomic mass is 10.0. The topological polar surface area (TPSA) is 87.6 Å². The maximum atomic E-state index is 14.6. The summed E-state index contributed by atoms with van der Waals surface area (Å²) < 4.78 is 33.7. The molecule has 0 unspecified atom stereocenters. The molecule has 2 aromatic carbocycles. The monoisotopic (exact) mass is 464 g/mol. The highest BCUT2D eigenvalue weighted by Crippen LogP contribution is 2.32. The van der Waals surface area contributed by atoms with Crippen LogP contribution in [0.15, 0.2) is 54.7 Å². The van der Waals surface area contributed by atoms with Crippen LogP contribution in [0.1, 0.15) is 11.3 Å². The standard InChI is InChI=1S/C25H22F2N4O3/c1-14-18(19-9-23(30-25(32)33)21(27)10-20(19)26)8-16-12-28-24(11-22(16)29-14)31(2)13-15-4-6-17(34-3)7-5-15/h4-12,30H,13H2,1-3H3,(H,32,33). The van der Waals surface area contributed by atoms with Crippen molar-refractivity contribution in [2.24, 2.45) is 0 Å². The lowest BCUT2D eigenvalue weighted by molar-refractivity contribution is 0.209. The number of hydrogen-bond acceptors (Lipinski definition) is 5. The highest BCUT2D eigenvalue weighted by atomic mass is 19.1. The first-order chi connectivity index (χ1) is 16.2. The highest BCUT2D eigenvalue weighted by Gasteiger charge is 2.17. The third kappa shape index (κ3) is 4.73. The second kappa shape index (κ2) is 9.30. The van der Waals surface area contributed by atoms with Crippen molar-refractivity contribution in [3.05, 3.63) is 77.6 Å². The number of amides is 1. The Hall–Kier alpha value is -4.27. The van der Waals surface area contributed by atoms with E-state index in [1.54, 1.807) is 26.3 Å². The molecule has 0 atom stereocenters. The Morgan fingerprint density at radius 3 is 2.50 bits per heavy atom. The molecule has 7 nitrogen and oxygen atoms in total. The van der Waals surface area contributed by atoms with Gasteiger partial charge in [-0.05, 0) is 36.8 Å². The average molecular weight is 464 g/mol. The Kier molecular flexibility index (Phi) is 6.27. The summed E-state index contributed by atoms with van der Waals surface area (Å²) in [5, 5.41) is 11.5. The molecule has 0 aliphatic carbocycles. The molecule has 9 heteroatoms. The van der Waals surface area contributed by atoms with Gasteiger partial charge < -0.3 is 14.7 Å². The summed E-state index contributed by atoms with van der Waals surface area (Å²) in [6.07, 6.45) is 0.198. The van der Waals surface area contributed by atoms with Crippen LogP contribution in [0.4, 0.5) is 25.1 Å². The number of aryl methyl sites for hydroxylation is 1. The number of rotatable bonds is 6. The van der Waals surface area contributed by atoms with E-state index in [-0.39, 0.29) is 11.3 Å². The van der Waals surface area contributed by atoms with Crippen molar-refractivity contribution >= 4 is 28.5 Å². The molecule has 0 saturated carbocycles. The molecule has 0 bridgehead atoms. The van der Waals surface area contributed by atoms with Gasteiger partial charge >= 0.3 is 6.09 Å². The highest BCUT2D eigenvalue weighted by molar-refractivity contribution is 5.88. The summed E-state index contributed by atoms with van der Waals surface area (Å²) in [6.45, 7) is 2.34. The van der Waals surface area contributed by atoms with Crippen molar-refractivity contribution < 1.29 is 23.4 Å². The maximum Gasteiger partial charge on any atom is 0.409 e. The molecule has 0 spiro atoms. The molecule has 4 rings (SSSR count). The van der Waals surface area contributed by atoms with Gasteiger partial charge in [0.15, 0.2) is 0 Å². The quantitative estimate of drug-likeness (QED) is 0.385. The third-order valence-electron chi connectivity index (χ3n) is 5.43. The Bertz CT molecular complexity index is 1380. The van der Waals surface area contributed by atoms with Gasteiger partial charge in [0.25, 0.3) is 0 Å². The number of methoxy groups -OCH3 is 1. The molecule has 0 saturated heterocycles. The van der Waals surface area contributed by atoms with Gasteiger partial charge in [-0.1, -0.05) is 12.1 Å². The van der Waals surface area contributed by atoms with Crippen LogP contribution in [0.25, 0.3) is 22.0 Å². The number of nitrogens with zero attached hydrogens (tertiary/aromatic N) is 3. The molecule has 174 valence electrons. The van der Waals surface area contributed by atoms with Crippen LogP contribution in [-0.4, -0.2) is 35.3 Å². The van der Waals surface area contributed by atoms with E-state index in [2.05, 4.69) is 9.97 Å². The summed E-state index contributed by atoms with van der Waals surface area (Å²) in [7, 11) is 3.54. The van der Waals surface area contributed by atoms with E-state index in [0.717, 1.165) is 17.4 Å². The van der Waals surface area contributed by atoms with E-state index in [4.69, 9.17) is 9.84 Å². The third-order valence-corrected chi connectivity index (χ3v) is 5.43. The number of aromatic nitrogens is 2. The van der Waals surface area contributed by atoms with Gasteiger partial charge in [0, 0.05) is 54.1 Å². The first kappa shape index (κ1) is 22.9. The SMILES string of the molecule is COc1ccc(CN(C)c2cc3nc(C)c(-c4cc(NC(=O)O)c(F)cc4F)cc3cn2)cc1. The van der Waals surface area contributed by atoms with Gasteiger partial charge in [-0.15, -0.1) is 0 Å². The zero-order chi connectivity index (χ0) is 24.4. The normalized spacial score (nSPS) is 10.9. The molecule has 2 N–H and O–H groups in total. The van der Waals surface area contributed by atoms with E-state index in [9.17, 15) is 13.6 Å². The maximum absolute atomic E-state index is 14.6. The van der Waals surface area contributed by atoms with Crippen LogP contribution < -0.4 is 15.0 Å². The Labute approximate surface area is 194 Å². The minimum atomic E-state index is -1.44. The number of hydrogen-bond donors (Lipinski definition) is 2. The van der Waals surface area contributed by atoms with Crippen LogP contribution in [0.2, 0.25) is 0 Å². The van der Waals surface area contributed by atoms with Crippen LogP contribution in [0.3, 0.4) is 0 Å². The second-order valence-electron chi connectivity index (χ2n) is 7.80.